The van der Waals surface area contributed by atoms with Gasteiger partial charge in [-0.15, -0.1) is 11.6 Å². The van der Waals surface area contributed by atoms with Crippen LogP contribution in [-0.4, -0.2) is 32.9 Å². The molecule has 0 fully saturated rings. The van der Waals surface area contributed by atoms with E-state index in [1.54, 1.807) is 6.07 Å². The Labute approximate surface area is 185 Å². The van der Waals surface area contributed by atoms with Gasteiger partial charge >= 0.3 is 0 Å². The molecule has 0 aliphatic heterocycles. The average molecular weight is 491 g/mol. The van der Waals surface area contributed by atoms with Crippen LogP contribution in [0.4, 0.5) is 0 Å². The fourth-order valence-corrected chi connectivity index (χ4v) is 3.88. The molecule has 1 aromatic rings. The molecule has 7 N–H and O–H groups in total. The largest absolute Gasteiger partial charge is 0.504 e. The van der Waals surface area contributed by atoms with Crippen molar-refractivity contribution in [1.82, 2.24) is 5.09 Å². The van der Waals surface area contributed by atoms with E-state index in [1.165, 1.54) is 13.2 Å². The molecule has 0 aliphatic rings. The first kappa shape index (κ1) is 26.1. The number of aryl methyl sites for hydroxylation is 1. The van der Waals surface area contributed by atoms with Gasteiger partial charge in [-0.25, -0.2) is 0 Å². The minimum Gasteiger partial charge on any atom is -0.504 e. The maximum Gasteiger partial charge on any atom is 0.300 e. The van der Waals surface area contributed by atoms with Gasteiger partial charge in [0, 0.05) is 0 Å². The highest BCUT2D eigenvalue weighted by Crippen LogP contribution is 2.37. The van der Waals surface area contributed by atoms with Crippen LogP contribution in [0.2, 0.25) is 0 Å². The molecule has 1 unspecified atom stereocenters. The van der Waals surface area contributed by atoms with Gasteiger partial charge in [-0.05, 0) is 37.0 Å². The van der Waals surface area contributed by atoms with Crippen LogP contribution in [0.25, 0.3) is 0 Å². The van der Waals surface area contributed by atoms with Crippen molar-refractivity contribution >= 4 is 48.3 Å². The molecule has 0 aromatic heterocycles. The molecule has 8 nitrogen and oxygen atoms in total. The van der Waals surface area contributed by atoms with Crippen LogP contribution in [0.1, 0.15) is 44.1 Å². The van der Waals surface area contributed by atoms with Crippen LogP contribution >= 0.6 is 42.4 Å². The van der Waals surface area contributed by atoms with E-state index in [-0.39, 0.29) is 17.2 Å². The minimum atomic E-state index is -3.80. The number of nitrogens with one attached hydrogen (secondary N) is 1. The Morgan fingerprint density at radius 2 is 1.79 bits per heavy atom. The van der Waals surface area contributed by atoms with Crippen LogP contribution in [0.3, 0.4) is 0 Å². The molecule has 0 radical (unpaired) electrons. The number of halogens is 3. The number of benzene rings is 1. The monoisotopic (exact) mass is 489 g/mol. The number of hydrogen-bond donors (Lipinski definition) is 5. The Morgan fingerprint density at radius 1 is 1.21 bits per heavy atom. The lowest BCUT2D eigenvalue weighted by Crippen LogP contribution is -2.45. The van der Waals surface area contributed by atoms with Gasteiger partial charge in [0.2, 0.25) is 10.1 Å². The Bertz CT molecular complexity index is 745. The van der Waals surface area contributed by atoms with Crippen LogP contribution in [0, 0.1) is 0 Å². The van der Waals surface area contributed by atoms with Gasteiger partial charge < -0.3 is 14.9 Å². The number of phenols is 2. The maximum absolute atomic E-state index is 11.9. The zero-order chi connectivity index (χ0) is 22.2. The molecular weight excluding hydrogens is 464 g/mol. The molecule has 1 aromatic carbocycles. The lowest BCUT2D eigenvalue weighted by molar-refractivity contribution is -0.120. The Morgan fingerprint density at radius 3 is 2.38 bits per heavy atom. The van der Waals surface area contributed by atoms with Crippen LogP contribution < -0.4 is 20.8 Å². The number of hydrogen-bond acceptors (Lipinski definition) is 5. The van der Waals surface area contributed by atoms with Crippen molar-refractivity contribution in [2.45, 2.75) is 54.7 Å². The second kappa shape index (κ2) is 11.5. The first-order valence-corrected chi connectivity index (χ1v) is 12.0. The van der Waals surface area contributed by atoms with Crippen LogP contribution in [-0.2, 0) is 15.8 Å². The number of unbranched alkanes of at least 4 members (excludes halogenated alkanes) is 4. The number of carbonyl (C=O) groups is 1. The molecular formula is C17H27Cl3N3O5P. The number of methoxy groups -OCH3 is 1. The van der Waals surface area contributed by atoms with E-state index in [0.29, 0.717) is 12.8 Å². The third-order valence-electron chi connectivity index (χ3n) is 4.23. The third kappa shape index (κ3) is 8.79. The van der Waals surface area contributed by atoms with Crippen molar-refractivity contribution in [3.8, 4) is 17.2 Å². The summed E-state index contributed by atoms with van der Waals surface area (Å²) >= 11 is 18.0. The quantitative estimate of drug-likeness (QED) is 0.129. The van der Waals surface area contributed by atoms with E-state index in [2.05, 4.69) is 0 Å². The summed E-state index contributed by atoms with van der Waals surface area (Å²) in [6, 6.07) is 3.21. The number of nitrogens with two attached hydrogens (primary N) is 2. The van der Waals surface area contributed by atoms with Gasteiger partial charge in [-0.3, -0.25) is 25.5 Å². The van der Waals surface area contributed by atoms with Crippen LogP contribution in [0.15, 0.2) is 12.1 Å². The average Bonchev–Trinajstić information content (AvgIpc) is 2.61. The first-order chi connectivity index (χ1) is 13.4. The highest BCUT2D eigenvalue weighted by atomic mass is 35.5. The van der Waals surface area contributed by atoms with E-state index in [9.17, 15) is 19.6 Å². The summed E-state index contributed by atoms with van der Waals surface area (Å²) in [5.41, 5.74) is 11.0. The van der Waals surface area contributed by atoms with Crippen LogP contribution in [0.5, 0.6) is 17.2 Å². The lowest BCUT2D eigenvalue weighted by atomic mass is 10.0. The normalized spacial score (nSPS) is 13.2. The molecule has 12 heteroatoms. The van der Waals surface area contributed by atoms with Gasteiger partial charge in [0.05, 0.1) is 12.5 Å². The van der Waals surface area contributed by atoms with E-state index in [0.717, 1.165) is 37.7 Å². The summed E-state index contributed by atoms with van der Waals surface area (Å²) in [4.78, 5) is 11.9. The molecule has 0 bridgehead atoms. The third-order valence-corrected chi connectivity index (χ3v) is 6.42. The minimum absolute atomic E-state index is 0.206. The summed E-state index contributed by atoms with van der Waals surface area (Å²) in [7, 11) is -2.38. The molecule has 0 saturated carbocycles. The van der Waals surface area contributed by atoms with E-state index in [4.69, 9.17) is 50.5 Å². The molecule has 166 valence electrons. The Balaban J connectivity index is 2.31. The number of aromatic hydroxyl groups is 2. The number of phenolic OH excluding ortho intramolecular Hbond substituents is 2. The second-order valence-electron chi connectivity index (χ2n) is 6.71. The van der Waals surface area contributed by atoms with Gasteiger partial charge in [0.15, 0.2) is 11.5 Å². The SMILES string of the molecule is COc1cc(CCCCCCCC(Cl)C(Cl)(Cl)C(=O)NP(N)(N)=O)cc(O)c1O. The Kier molecular flexibility index (Phi) is 10.4. The van der Waals surface area contributed by atoms with Crippen molar-refractivity contribution in [3.05, 3.63) is 17.7 Å². The fraction of sp³-hybridized carbons (Fsp3) is 0.588. The summed E-state index contributed by atoms with van der Waals surface area (Å²) in [6.45, 7) is 0. The number of rotatable bonds is 12. The van der Waals surface area contributed by atoms with Crippen molar-refractivity contribution in [2.75, 3.05) is 7.11 Å². The van der Waals surface area contributed by atoms with Gasteiger partial charge in [-0.1, -0.05) is 48.9 Å². The molecule has 0 heterocycles. The van der Waals surface area contributed by atoms with E-state index in [1.807, 2.05) is 5.09 Å². The summed E-state index contributed by atoms with van der Waals surface area (Å²) in [5, 5.41) is 20.3. The predicted octanol–water partition coefficient (Wildman–Crippen LogP) is 3.91. The number of ether oxygens (including phenoxy) is 1. The molecule has 0 aliphatic carbocycles. The van der Waals surface area contributed by atoms with Crippen molar-refractivity contribution in [1.29, 1.82) is 0 Å². The highest BCUT2D eigenvalue weighted by Gasteiger charge is 2.42. The Hall–Kier alpha value is -0.890. The molecule has 0 spiro atoms. The van der Waals surface area contributed by atoms with Gasteiger partial charge in [0.25, 0.3) is 13.5 Å². The van der Waals surface area contributed by atoms with Gasteiger partial charge in [0.1, 0.15) is 0 Å². The first-order valence-electron chi connectivity index (χ1n) is 8.99. The van der Waals surface area contributed by atoms with Crippen molar-refractivity contribution < 1.29 is 24.3 Å². The zero-order valence-electron chi connectivity index (χ0n) is 16.0. The molecule has 1 atom stereocenters. The molecule has 0 saturated heterocycles. The fourth-order valence-electron chi connectivity index (χ4n) is 2.69. The number of alkyl halides is 3. The smallest absolute Gasteiger partial charge is 0.300 e. The lowest BCUT2D eigenvalue weighted by Gasteiger charge is -2.24. The molecule has 1 rings (SSSR count). The second-order valence-corrected chi connectivity index (χ2v) is 10.3. The van der Waals surface area contributed by atoms with Crippen molar-refractivity contribution in [3.63, 3.8) is 0 Å². The summed E-state index contributed by atoms with van der Waals surface area (Å²) in [5.74, 6) is -1.22. The molecule has 29 heavy (non-hydrogen) atoms. The topological polar surface area (TPSA) is 148 Å². The van der Waals surface area contributed by atoms with Gasteiger partial charge in [-0.2, -0.15) is 0 Å². The summed E-state index contributed by atoms with van der Waals surface area (Å²) < 4.78 is 14.3. The van der Waals surface area contributed by atoms with E-state index >= 15 is 0 Å². The maximum atomic E-state index is 11.9. The van der Waals surface area contributed by atoms with Crippen molar-refractivity contribution in [2.24, 2.45) is 11.0 Å². The standard InChI is InChI=1S/C17H27Cl3N3O5P/c1-28-13-10-11(9-12(24)15(13)25)7-5-3-2-4-6-8-14(18)17(19,20)16(26)23-29(21,22)27/h9-10,14,24-25H,2-8H2,1H3,(H5,21,22,23,26,27). The zero-order valence-corrected chi connectivity index (χ0v) is 19.2. The summed E-state index contributed by atoms with van der Waals surface area (Å²) in [6.07, 6.45) is 5.41. The predicted molar refractivity (Wildman–Crippen MR) is 116 cm³/mol. The molecule has 1 amide bonds. The van der Waals surface area contributed by atoms with E-state index < -0.39 is 23.2 Å². The number of amides is 1. The number of carbonyl (C=O) groups excluding carboxylic acids is 1. The highest BCUT2D eigenvalue weighted by molar-refractivity contribution is 7.57.